The largest absolute Gasteiger partial charge is 0.357 e. The summed E-state index contributed by atoms with van der Waals surface area (Å²) >= 11 is 0. The van der Waals surface area contributed by atoms with Crippen molar-refractivity contribution in [3.8, 4) is 6.07 Å². The van der Waals surface area contributed by atoms with Gasteiger partial charge in [0.2, 0.25) is 0 Å². The third kappa shape index (κ3) is 4.97. The van der Waals surface area contributed by atoms with E-state index < -0.39 is 0 Å². The molecule has 0 bridgehead atoms. The van der Waals surface area contributed by atoms with E-state index in [1.54, 1.807) is 0 Å². The Labute approximate surface area is 145 Å². The van der Waals surface area contributed by atoms with Crippen LogP contribution in [0.4, 0.5) is 0 Å². The second-order valence-corrected chi connectivity index (χ2v) is 6.78. The summed E-state index contributed by atoms with van der Waals surface area (Å²) in [5.41, 5.74) is 1.79. The second kappa shape index (κ2) is 8.70. The lowest BCUT2D eigenvalue weighted by molar-refractivity contribution is 0.265. The quantitative estimate of drug-likeness (QED) is 0.644. The van der Waals surface area contributed by atoms with Gasteiger partial charge in [-0.3, -0.25) is 4.90 Å². The maximum atomic E-state index is 8.86. The molecule has 5 heteroatoms. The molecule has 1 aliphatic heterocycles. The summed E-state index contributed by atoms with van der Waals surface area (Å²) in [6, 6.07) is 10.7. The van der Waals surface area contributed by atoms with Crippen molar-refractivity contribution >= 4 is 5.96 Å². The molecule has 1 fully saturated rings. The van der Waals surface area contributed by atoms with Gasteiger partial charge in [0.05, 0.1) is 18.2 Å². The van der Waals surface area contributed by atoms with Crippen LogP contribution in [0.15, 0.2) is 29.3 Å². The number of likely N-dealkylation sites (tertiary alicyclic amines) is 1. The molecule has 1 aromatic carbocycles. The standard InChI is InChI=1S/C19H29N5/c1-5-21-19(22-11-17-8-6-16(10-20)7-9-17)23-18-13-24(14(2)3)12-15(18)4/h6-9,14-15,18H,5,11-13H2,1-4H3,(H2,21,22,23). The molecule has 0 radical (unpaired) electrons. The van der Waals surface area contributed by atoms with Crippen molar-refractivity contribution in [2.24, 2.45) is 10.9 Å². The van der Waals surface area contributed by atoms with Crippen LogP contribution in [0.3, 0.4) is 0 Å². The fraction of sp³-hybridized carbons (Fsp3) is 0.579. The lowest BCUT2D eigenvalue weighted by atomic mass is 10.1. The Balaban J connectivity index is 1.99. The molecule has 0 saturated carbocycles. The van der Waals surface area contributed by atoms with Crippen LogP contribution >= 0.6 is 0 Å². The van der Waals surface area contributed by atoms with Crippen LogP contribution in [0.1, 0.15) is 38.8 Å². The minimum absolute atomic E-state index is 0.422. The van der Waals surface area contributed by atoms with E-state index >= 15 is 0 Å². The Morgan fingerprint density at radius 2 is 2.04 bits per heavy atom. The molecule has 1 aliphatic rings. The zero-order chi connectivity index (χ0) is 17.5. The Bertz CT molecular complexity index is 585. The van der Waals surface area contributed by atoms with Crippen LogP contribution in [0.2, 0.25) is 0 Å². The molecule has 0 aromatic heterocycles. The molecule has 2 rings (SSSR count). The van der Waals surface area contributed by atoms with Crippen molar-refractivity contribution < 1.29 is 0 Å². The highest BCUT2D eigenvalue weighted by atomic mass is 15.3. The number of rotatable bonds is 5. The van der Waals surface area contributed by atoms with Crippen molar-refractivity contribution in [3.63, 3.8) is 0 Å². The van der Waals surface area contributed by atoms with Gasteiger partial charge in [0, 0.05) is 31.7 Å². The van der Waals surface area contributed by atoms with E-state index in [9.17, 15) is 0 Å². The summed E-state index contributed by atoms with van der Waals surface area (Å²) < 4.78 is 0. The van der Waals surface area contributed by atoms with Gasteiger partial charge in [-0.15, -0.1) is 0 Å². The van der Waals surface area contributed by atoms with Crippen molar-refractivity contribution in [2.75, 3.05) is 19.6 Å². The monoisotopic (exact) mass is 327 g/mol. The molecular formula is C19H29N5. The number of nitrogens with one attached hydrogen (secondary N) is 2. The molecule has 0 spiro atoms. The Morgan fingerprint density at radius 3 is 2.58 bits per heavy atom. The number of benzene rings is 1. The third-order valence-electron chi connectivity index (χ3n) is 4.54. The lowest BCUT2D eigenvalue weighted by Crippen LogP contribution is -2.46. The van der Waals surface area contributed by atoms with Crippen LogP contribution in [-0.4, -0.2) is 42.6 Å². The van der Waals surface area contributed by atoms with Crippen molar-refractivity contribution in [1.82, 2.24) is 15.5 Å². The highest BCUT2D eigenvalue weighted by molar-refractivity contribution is 5.80. The van der Waals surface area contributed by atoms with Crippen LogP contribution in [0.25, 0.3) is 0 Å². The van der Waals surface area contributed by atoms with E-state index in [1.165, 1.54) is 0 Å². The molecule has 1 aromatic rings. The first-order valence-corrected chi connectivity index (χ1v) is 8.81. The molecule has 2 N–H and O–H groups in total. The highest BCUT2D eigenvalue weighted by Crippen LogP contribution is 2.18. The Morgan fingerprint density at radius 1 is 1.33 bits per heavy atom. The zero-order valence-electron chi connectivity index (χ0n) is 15.2. The lowest BCUT2D eigenvalue weighted by Gasteiger charge is -2.22. The van der Waals surface area contributed by atoms with E-state index in [2.05, 4.69) is 49.3 Å². The average Bonchev–Trinajstić information content (AvgIpc) is 2.94. The SMILES string of the molecule is CCNC(=NCc1ccc(C#N)cc1)NC1CN(C(C)C)CC1C. The van der Waals surface area contributed by atoms with E-state index in [0.717, 1.165) is 31.2 Å². The van der Waals surface area contributed by atoms with Gasteiger partial charge in [-0.25, -0.2) is 4.99 Å². The number of guanidine groups is 1. The molecule has 2 unspecified atom stereocenters. The first-order valence-electron chi connectivity index (χ1n) is 8.81. The first-order chi connectivity index (χ1) is 11.5. The van der Waals surface area contributed by atoms with Gasteiger partial charge in [0.15, 0.2) is 5.96 Å². The van der Waals surface area contributed by atoms with Gasteiger partial charge in [-0.2, -0.15) is 5.26 Å². The van der Waals surface area contributed by atoms with Gasteiger partial charge in [-0.1, -0.05) is 19.1 Å². The third-order valence-corrected chi connectivity index (χ3v) is 4.54. The van der Waals surface area contributed by atoms with Crippen molar-refractivity contribution in [1.29, 1.82) is 5.26 Å². The van der Waals surface area contributed by atoms with Gasteiger partial charge in [-0.05, 0) is 44.4 Å². The molecule has 1 saturated heterocycles. The van der Waals surface area contributed by atoms with Crippen LogP contribution < -0.4 is 10.6 Å². The number of hydrogen-bond acceptors (Lipinski definition) is 3. The molecule has 1 heterocycles. The Kier molecular flexibility index (Phi) is 6.62. The normalized spacial score (nSPS) is 21.8. The smallest absolute Gasteiger partial charge is 0.191 e. The summed E-state index contributed by atoms with van der Waals surface area (Å²) in [4.78, 5) is 7.21. The Hall–Kier alpha value is -2.06. The van der Waals surface area contributed by atoms with E-state index in [4.69, 9.17) is 10.3 Å². The predicted molar refractivity (Wildman–Crippen MR) is 98.8 cm³/mol. The fourth-order valence-electron chi connectivity index (χ4n) is 2.96. The first kappa shape index (κ1) is 18.3. The van der Waals surface area contributed by atoms with Crippen LogP contribution in [0.5, 0.6) is 0 Å². The van der Waals surface area contributed by atoms with Gasteiger partial charge in [0.25, 0.3) is 0 Å². The number of aliphatic imine (C=N–C) groups is 1. The molecular weight excluding hydrogens is 298 g/mol. The molecule has 5 nitrogen and oxygen atoms in total. The minimum Gasteiger partial charge on any atom is -0.357 e. The molecule has 130 valence electrons. The van der Waals surface area contributed by atoms with Crippen molar-refractivity contribution in [2.45, 2.75) is 46.3 Å². The molecule has 0 amide bonds. The number of nitrogens with zero attached hydrogens (tertiary/aromatic N) is 3. The van der Waals surface area contributed by atoms with Crippen molar-refractivity contribution in [3.05, 3.63) is 35.4 Å². The summed E-state index contributed by atoms with van der Waals surface area (Å²) in [6.07, 6.45) is 0. The maximum Gasteiger partial charge on any atom is 0.191 e. The summed E-state index contributed by atoms with van der Waals surface area (Å²) in [7, 11) is 0. The van der Waals surface area contributed by atoms with E-state index in [0.29, 0.717) is 30.1 Å². The summed E-state index contributed by atoms with van der Waals surface area (Å²) in [5, 5.41) is 15.8. The number of nitriles is 1. The minimum atomic E-state index is 0.422. The van der Waals surface area contributed by atoms with Gasteiger partial charge in [0.1, 0.15) is 0 Å². The van der Waals surface area contributed by atoms with E-state index in [-0.39, 0.29) is 0 Å². The topological polar surface area (TPSA) is 63.5 Å². The second-order valence-electron chi connectivity index (χ2n) is 6.78. The highest BCUT2D eigenvalue weighted by Gasteiger charge is 2.31. The average molecular weight is 327 g/mol. The predicted octanol–water partition coefficient (Wildman–Crippen LogP) is 2.34. The van der Waals surface area contributed by atoms with Crippen LogP contribution in [0, 0.1) is 17.2 Å². The fourth-order valence-corrected chi connectivity index (χ4v) is 2.96. The van der Waals surface area contributed by atoms with Crippen LogP contribution in [-0.2, 0) is 6.54 Å². The summed E-state index contributed by atoms with van der Waals surface area (Å²) in [6.45, 7) is 12.5. The maximum absolute atomic E-state index is 8.86. The molecule has 2 atom stereocenters. The number of hydrogen-bond donors (Lipinski definition) is 2. The molecule has 24 heavy (non-hydrogen) atoms. The van der Waals surface area contributed by atoms with Gasteiger partial charge < -0.3 is 10.6 Å². The molecule has 0 aliphatic carbocycles. The van der Waals surface area contributed by atoms with Gasteiger partial charge >= 0.3 is 0 Å². The summed E-state index contributed by atoms with van der Waals surface area (Å²) in [5.74, 6) is 1.47. The van der Waals surface area contributed by atoms with E-state index in [1.807, 2.05) is 24.3 Å². The zero-order valence-corrected chi connectivity index (χ0v) is 15.2.